The number of amides is 1. The van der Waals surface area contributed by atoms with Gasteiger partial charge in [-0.1, -0.05) is 18.2 Å². The number of para-hydroxylation sites is 1. The Balaban J connectivity index is 1.95. The van der Waals surface area contributed by atoms with Crippen molar-refractivity contribution in [2.45, 2.75) is 19.9 Å². The van der Waals surface area contributed by atoms with Gasteiger partial charge in [0.15, 0.2) is 0 Å². The third kappa shape index (κ3) is 3.18. The van der Waals surface area contributed by atoms with Gasteiger partial charge in [0.05, 0.1) is 19.7 Å². The van der Waals surface area contributed by atoms with Crippen LogP contribution in [0.2, 0.25) is 0 Å². The highest BCUT2D eigenvalue weighted by molar-refractivity contribution is 5.96. The molecule has 2 aromatic carbocycles. The Labute approximate surface area is 147 Å². The third-order valence-electron chi connectivity index (χ3n) is 4.43. The Morgan fingerprint density at radius 3 is 2.56 bits per heavy atom. The number of methoxy groups -OCH3 is 2. The number of carbonyl (C=O) groups excluding carboxylic acids is 1. The molecule has 3 aromatic rings. The van der Waals surface area contributed by atoms with E-state index in [0.29, 0.717) is 5.75 Å². The van der Waals surface area contributed by atoms with Gasteiger partial charge in [-0.25, -0.2) is 0 Å². The molecule has 0 fully saturated rings. The Kier molecular flexibility index (Phi) is 4.65. The molecule has 5 nitrogen and oxygen atoms in total. The number of rotatable bonds is 5. The fraction of sp³-hybridized carbons (Fsp3) is 0.250. The molecule has 1 heterocycles. The molecule has 0 bridgehead atoms. The number of carbonyl (C=O) groups is 1. The zero-order chi connectivity index (χ0) is 18.0. The Morgan fingerprint density at radius 2 is 1.88 bits per heavy atom. The summed E-state index contributed by atoms with van der Waals surface area (Å²) in [6.07, 6.45) is 1.90. The molecule has 0 aliphatic rings. The average molecular weight is 338 g/mol. The van der Waals surface area contributed by atoms with Crippen LogP contribution in [-0.2, 0) is 4.79 Å². The fourth-order valence-corrected chi connectivity index (χ4v) is 2.90. The van der Waals surface area contributed by atoms with E-state index in [1.165, 1.54) is 0 Å². The summed E-state index contributed by atoms with van der Waals surface area (Å²) in [5.41, 5.74) is 2.75. The molecular weight excluding hydrogens is 316 g/mol. The molecular formula is C20H22N2O3. The van der Waals surface area contributed by atoms with Gasteiger partial charge in [0.2, 0.25) is 5.91 Å². The van der Waals surface area contributed by atoms with Gasteiger partial charge in [-0.05, 0) is 31.5 Å². The van der Waals surface area contributed by atoms with Crippen LogP contribution in [0.15, 0.2) is 48.7 Å². The first kappa shape index (κ1) is 16.9. The molecule has 0 saturated heterocycles. The minimum atomic E-state index is -0.381. The van der Waals surface area contributed by atoms with Gasteiger partial charge in [0, 0.05) is 29.4 Å². The summed E-state index contributed by atoms with van der Waals surface area (Å²) < 4.78 is 12.7. The van der Waals surface area contributed by atoms with Gasteiger partial charge in [0.25, 0.3) is 0 Å². The summed E-state index contributed by atoms with van der Waals surface area (Å²) in [6, 6.07) is 13.1. The largest absolute Gasteiger partial charge is 0.497 e. The number of aryl methyl sites for hydroxylation is 1. The smallest absolute Gasteiger partial charge is 0.247 e. The second-order valence-corrected chi connectivity index (χ2v) is 5.97. The molecule has 0 spiro atoms. The Morgan fingerprint density at radius 1 is 1.12 bits per heavy atom. The monoisotopic (exact) mass is 338 g/mol. The molecule has 0 saturated carbocycles. The highest BCUT2D eigenvalue weighted by Gasteiger charge is 2.19. The Bertz CT molecular complexity index is 914. The van der Waals surface area contributed by atoms with E-state index in [-0.39, 0.29) is 11.9 Å². The summed E-state index contributed by atoms with van der Waals surface area (Å²) in [5, 5.41) is 3.94. The number of nitrogens with one attached hydrogen (secondary N) is 1. The lowest BCUT2D eigenvalue weighted by atomic mass is 10.2. The molecule has 3 rings (SSSR count). The number of ether oxygens (including phenoxy) is 2. The maximum Gasteiger partial charge on any atom is 0.247 e. The number of hydrogen-bond acceptors (Lipinski definition) is 3. The summed E-state index contributed by atoms with van der Waals surface area (Å²) in [4.78, 5) is 12.7. The van der Waals surface area contributed by atoms with Crippen molar-refractivity contribution in [1.82, 2.24) is 4.57 Å². The van der Waals surface area contributed by atoms with Gasteiger partial charge in [0.1, 0.15) is 17.5 Å². The molecule has 1 atom stereocenters. The second kappa shape index (κ2) is 6.89. The van der Waals surface area contributed by atoms with Crippen molar-refractivity contribution >= 4 is 22.5 Å². The van der Waals surface area contributed by atoms with Crippen LogP contribution in [0.4, 0.5) is 5.69 Å². The van der Waals surface area contributed by atoms with E-state index < -0.39 is 0 Å². The van der Waals surface area contributed by atoms with E-state index in [1.54, 1.807) is 14.2 Å². The number of benzene rings is 2. The first-order chi connectivity index (χ1) is 12.0. The quantitative estimate of drug-likeness (QED) is 0.760. The van der Waals surface area contributed by atoms with E-state index in [0.717, 1.165) is 27.9 Å². The summed E-state index contributed by atoms with van der Waals surface area (Å²) in [7, 11) is 3.24. The summed E-state index contributed by atoms with van der Waals surface area (Å²) >= 11 is 0. The molecule has 5 heteroatoms. The van der Waals surface area contributed by atoms with Crippen LogP contribution in [0.1, 0.15) is 18.5 Å². The van der Waals surface area contributed by atoms with Crippen LogP contribution in [-0.4, -0.2) is 24.7 Å². The van der Waals surface area contributed by atoms with Crippen LogP contribution in [0.25, 0.3) is 10.9 Å². The first-order valence-electron chi connectivity index (χ1n) is 8.14. The SMILES string of the molecule is COc1cc(OC)c2ccn(C(C)C(=O)Nc3ccccc3C)c2c1. The van der Waals surface area contributed by atoms with Crippen molar-refractivity contribution < 1.29 is 14.3 Å². The first-order valence-corrected chi connectivity index (χ1v) is 8.14. The zero-order valence-corrected chi connectivity index (χ0v) is 14.9. The second-order valence-electron chi connectivity index (χ2n) is 5.97. The van der Waals surface area contributed by atoms with E-state index in [2.05, 4.69) is 5.32 Å². The maximum atomic E-state index is 12.7. The molecule has 0 aliphatic carbocycles. The third-order valence-corrected chi connectivity index (χ3v) is 4.43. The highest BCUT2D eigenvalue weighted by atomic mass is 16.5. The van der Waals surface area contributed by atoms with Crippen LogP contribution >= 0.6 is 0 Å². The normalized spacial score (nSPS) is 12.0. The van der Waals surface area contributed by atoms with Crippen LogP contribution < -0.4 is 14.8 Å². The van der Waals surface area contributed by atoms with Crippen LogP contribution in [0, 0.1) is 6.92 Å². The molecule has 1 unspecified atom stereocenters. The molecule has 0 radical (unpaired) electrons. The van der Waals surface area contributed by atoms with Gasteiger partial charge in [-0.3, -0.25) is 4.79 Å². The van der Waals surface area contributed by atoms with Crippen LogP contribution in [0.5, 0.6) is 11.5 Å². The summed E-state index contributed by atoms with van der Waals surface area (Å²) in [5.74, 6) is 1.34. The summed E-state index contributed by atoms with van der Waals surface area (Å²) in [6.45, 7) is 3.85. The standard InChI is InChI=1S/C20H22N2O3/c1-13-7-5-6-8-17(13)21-20(23)14(2)22-10-9-16-18(22)11-15(24-3)12-19(16)25-4/h5-12,14H,1-4H3,(H,21,23). The van der Waals surface area contributed by atoms with Crippen molar-refractivity contribution in [2.24, 2.45) is 0 Å². The minimum absolute atomic E-state index is 0.0754. The molecule has 25 heavy (non-hydrogen) atoms. The van der Waals surface area contributed by atoms with E-state index in [4.69, 9.17) is 9.47 Å². The lowest BCUT2D eigenvalue weighted by Crippen LogP contribution is -2.23. The number of fused-ring (bicyclic) bond motifs is 1. The lowest BCUT2D eigenvalue weighted by Gasteiger charge is -2.17. The average Bonchev–Trinajstić information content (AvgIpc) is 3.05. The molecule has 1 amide bonds. The van der Waals surface area contributed by atoms with Gasteiger partial charge in [-0.15, -0.1) is 0 Å². The van der Waals surface area contributed by atoms with Crippen molar-refractivity contribution in [2.75, 3.05) is 19.5 Å². The Hall–Kier alpha value is -2.95. The van der Waals surface area contributed by atoms with Gasteiger partial charge >= 0.3 is 0 Å². The van der Waals surface area contributed by atoms with Gasteiger partial charge in [-0.2, -0.15) is 0 Å². The minimum Gasteiger partial charge on any atom is -0.497 e. The predicted molar refractivity (Wildman–Crippen MR) is 99.6 cm³/mol. The van der Waals surface area contributed by atoms with Gasteiger partial charge < -0.3 is 19.4 Å². The number of nitrogens with zero attached hydrogens (tertiary/aromatic N) is 1. The number of aromatic nitrogens is 1. The van der Waals surface area contributed by atoms with Crippen molar-refractivity contribution in [3.05, 3.63) is 54.2 Å². The highest BCUT2D eigenvalue weighted by Crippen LogP contribution is 2.33. The van der Waals surface area contributed by atoms with Crippen molar-refractivity contribution in [3.63, 3.8) is 0 Å². The number of hydrogen-bond donors (Lipinski definition) is 1. The van der Waals surface area contributed by atoms with Crippen LogP contribution in [0.3, 0.4) is 0 Å². The predicted octanol–water partition coefficient (Wildman–Crippen LogP) is 4.17. The molecule has 0 aliphatic heterocycles. The van der Waals surface area contributed by atoms with Crippen molar-refractivity contribution in [3.8, 4) is 11.5 Å². The van der Waals surface area contributed by atoms with Crippen molar-refractivity contribution in [1.29, 1.82) is 0 Å². The zero-order valence-electron chi connectivity index (χ0n) is 14.9. The lowest BCUT2D eigenvalue weighted by molar-refractivity contribution is -0.118. The molecule has 1 N–H and O–H groups in total. The van der Waals surface area contributed by atoms with E-state index >= 15 is 0 Å². The molecule has 130 valence electrons. The molecule has 1 aromatic heterocycles. The van der Waals surface area contributed by atoms with E-state index in [1.807, 2.05) is 67.1 Å². The maximum absolute atomic E-state index is 12.7. The van der Waals surface area contributed by atoms with E-state index in [9.17, 15) is 4.79 Å². The topological polar surface area (TPSA) is 52.5 Å². The number of anilines is 1. The fourth-order valence-electron chi connectivity index (χ4n) is 2.90.